The van der Waals surface area contributed by atoms with Gasteiger partial charge in [0.2, 0.25) is 0 Å². The van der Waals surface area contributed by atoms with Crippen LogP contribution in [0.1, 0.15) is 34.7 Å². The lowest BCUT2D eigenvalue weighted by atomic mass is 10.1. The molecule has 0 fully saturated rings. The topological polar surface area (TPSA) is 52.0 Å². The van der Waals surface area contributed by atoms with Gasteiger partial charge >= 0.3 is 0 Å². The minimum atomic E-state index is -0.101. The number of fused-ring (bicyclic) bond motifs is 1. The van der Waals surface area contributed by atoms with E-state index in [4.69, 9.17) is 11.6 Å². The molecule has 0 saturated heterocycles. The van der Waals surface area contributed by atoms with E-state index in [-0.39, 0.29) is 11.3 Å². The third-order valence-electron chi connectivity index (χ3n) is 2.85. The van der Waals surface area contributed by atoms with Crippen molar-refractivity contribution in [2.24, 2.45) is 0 Å². The molecule has 0 bridgehead atoms. The molecule has 2 rings (SSSR count). The first-order valence-corrected chi connectivity index (χ1v) is 5.88. The molecule has 0 aliphatic carbocycles. The molecule has 4 nitrogen and oxygen atoms in total. The molecule has 1 aromatic heterocycles. The van der Waals surface area contributed by atoms with E-state index < -0.39 is 0 Å². The summed E-state index contributed by atoms with van der Waals surface area (Å²) in [7, 11) is 0. The number of carbonyl (C=O) groups is 1. The monoisotopic (exact) mass is 240 g/mol. The van der Waals surface area contributed by atoms with E-state index in [0.717, 1.165) is 6.42 Å². The number of hydrogen-bond donors (Lipinski definition) is 0. The van der Waals surface area contributed by atoms with Crippen molar-refractivity contribution in [1.29, 1.82) is 0 Å². The van der Waals surface area contributed by atoms with Crippen molar-refractivity contribution in [2.45, 2.75) is 32.7 Å². The molecule has 0 aromatic carbocycles. The van der Waals surface area contributed by atoms with Crippen LogP contribution >= 0.6 is 11.6 Å². The molecule has 0 atom stereocenters. The highest BCUT2D eigenvalue weighted by atomic mass is 35.5. The van der Waals surface area contributed by atoms with E-state index in [1.165, 1.54) is 4.57 Å². The second-order valence-corrected chi connectivity index (χ2v) is 4.30. The fraction of sp³-hybridized carbons (Fsp3) is 0.545. The molecular formula is C11H13ClN2O2. The summed E-state index contributed by atoms with van der Waals surface area (Å²) >= 11 is 5.65. The van der Waals surface area contributed by atoms with E-state index in [1.807, 2.05) is 0 Å². The highest BCUT2D eigenvalue weighted by Gasteiger charge is 2.22. The van der Waals surface area contributed by atoms with Crippen molar-refractivity contribution in [2.75, 3.05) is 5.88 Å². The van der Waals surface area contributed by atoms with Gasteiger partial charge in [-0.1, -0.05) is 0 Å². The van der Waals surface area contributed by atoms with Gasteiger partial charge in [0.25, 0.3) is 5.56 Å². The van der Waals surface area contributed by atoms with Gasteiger partial charge in [-0.05, 0) is 19.8 Å². The maximum absolute atomic E-state index is 12.1. The third-order valence-corrected chi connectivity index (χ3v) is 3.04. The number of alkyl halides is 1. The third kappa shape index (κ3) is 1.78. The lowest BCUT2D eigenvalue weighted by Gasteiger charge is -2.18. The Kier molecular flexibility index (Phi) is 3.10. The van der Waals surface area contributed by atoms with Gasteiger partial charge in [-0.2, -0.15) is 0 Å². The van der Waals surface area contributed by atoms with Gasteiger partial charge in [0.15, 0.2) is 11.6 Å². The van der Waals surface area contributed by atoms with Crippen molar-refractivity contribution in [3.63, 3.8) is 0 Å². The first-order chi connectivity index (χ1) is 7.65. The van der Waals surface area contributed by atoms with Gasteiger partial charge in [-0.3, -0.25) is 14.2 Å². The van der Waals surface area contributed by atoms with Crippen LogP contribution in [-0.2, 0) is 13.0 Å². The summed E-state index contributed by atoms with van der Waals surface area (Å²) in [5.41, 5.74) is 1.16. The Labute approximate surface area is 98.3 Å². The van der Waals surface area contributed by atoms with Gasteiger partial charge in [0.05, 0.1) is 0 Å². The zero-order valence-corrected chi connectivity index (χ0v) is 9.88. The smallest absolute Gasteiger partial charge is 0.257 e. The highest BCUT2D eigenvalue weighted by molar-refractivity contribution is 6.18. The van der Waals surface area contributed by atoms with Crippen LogP contribution in [0.3, 0.4) is 0 Å². The number of rotatable bonds is 2. The number of Topliss-reactive ketones (excluding diaryl/α,β-unsaturated/α-hetero) is 1. The molecule has 1 aromatic rings. The van der Waals surface area contributed by atoms with Gasteiger partial charge in [-0.25, -0.2) is 4.98 Å². The van der Waals surface area contributed by atoms with E-state index in [1.54, 1.807) is 6.92 Å². The SMILES string of the molecule is Cc1nc2n(c(=O)c1CCCl)CCCC2=O. The second-order valence-electron chi connectivity index (χ2n) is 3.92. The first kappa shape index (κ1) is 11.3. The number of halogens is 1. The Hall–Kier alpha value is -1.16. The zero-order chi connectivity index (χ0) is 11.7. The van der Waals surface area contributed by atoms with Crippen molar-refractivity contribution in [1.82, 2.24) is 9.55 Å². The normalized spacial score (nSPS) is 15.0. The second kappa shape index (κ2) is 4.37. The van der Waals surface area contributed by atoms with Crippen LogP contribution in [0.25, 0.3) is 0 Å². The molecule has 0 saturated carbocycles. The fourth-order valence-electron chi connectivity index (χ4n) is 2.01. The molecule has 0 unspecified atom stereocenters. The molecule has 1 aliphatic rings. The summed E-state index contributed by atoms with van der Waals surface area (Å²) in [5.74, 6) is 0.668. The average Bonchev–Trinajstić information content (AvgIpc) is 2.26. The van der Waals surface area contributed by atoms with Gasteiger partial charge < -0.3 is 0 Å². The molecule has 0 amide bonds. The maximum Gasteiger partial charge on any atom is 0.257 e. The predicted octanol–water partition coefficient (Wildman–Crippen LogP) is 1.31. The molecular weight excluding hydrogens is 228 g/mol. The molecule has 0 N–H and O–H groups in total. The minimum absolute atomic E-state index is 0.0381. The van der Waals surface area contributed by atoms with E-state index in [2.05, 4.69) is 4.98 Å². The number of aryl methyl sites for hydroxylation is 1. The molecule has 0 spiro atoms. The summed E-state index contributed by atoms with van der Waals surface area (Å²) in [6.45, 7) is 2.34. The number of ketones is 1. The number of nitrogens with zero attached hydrogens (tertiary/aromatic N) is 2. The summed E-state index contributed by atoms with van der Waals surface area (Å²) in [4.78, 5) is 27.9. The maximum atomic E-state index is 12.1. The molecule has 1 aliphatic heterocycles. The van der Waals surface area contributed by atoms with Crippen LogP contribution in [0, 0.1) is 6.92 Å². The first-order valence-electron chi connectivity index (χ1n) is 5.34. The molecule has 5 heteroatoms. The van der Waals surface area contributed by atoms with Crippen molar-refractivity contribution < 1.29 is 4.79 Å². The van der Waals surface area contributed by atoms with Crippen LogP contribution in [-0.4, -0.2) is 21.2 Å². The minimum Gasteiger partial charge on any atom is -0.291 e. The van der Waals surface area contributed by atoms with Gasteiger partial charge in [0.1, 0.15) is 0 Å². The van der Waals surface area contributed by atoms with Crippen LogP contribution in [0.4, 0.5) is 0 Å². The van der Waals surface area contributed by atoms with Crippen LogP contribution in [0.2, 0.25) is 0 Å². The van der Waals surface area contributed by atoms with Crippen LogP contribution in [0.5, 0.6) is 0 Å². The van der Waals surface area contributed by atoms with Crippen LogP contribution < -0.4 is 5.56 Å². The number of hydrogen-bond acceptors (Lipinski definition) is 3. The standard InChI is InChI=1S/C11H13ClN2O2/c1-7-8(4-5-12)11(16)14-6-2-3-9(15)10(14)13-7/h2-6H2,1H3. The highest BCUT2D eigenvalue weighted by Crippen LogP contribution is 2.12. The fourth-order valence-corrected chi connectivity index (χ4v) is 2.20. The quantitative estimate of drug-likeness (QED) is 0.733. The Morgan fingerprint density at radius 2 is 2.19 bits per heavy atom. The molecule has 86 valence electrons. The molecule has 16 heavy (non-hydrogen) atoms. The summed E-state index contributed by atoms with van der Waals surface area (Å²) in [5, 5.41) is 0. The van der Waals surface area contributed by atoms with Gasteiger partial charge in [-0.15, -0.1) is 11.6 Å². The largest absolute Gasteiger partial charge is 0.291 e. The Morgan fingerprint density at radius 3 is 2.88 bits per heavy atom. The zero-order valence-electron chi connectivity index (χ0n) is 9.12. The Morgan fingerprint density at radius 1 is 1.44 bits per heavy atom. The Balaban J connectivity index is 2.62. The van der Waals surface area contributed by atoms with E-state index >= 15 is 0 Å². The van der Waals surface area contributed by atoms with Crippen LogP contribution in [0.15, 0.2) is 4.79 Å². The average molecular weight is 241 g/mol. The van der Waals surface area contributed by atoms with Crippen molar-refractivity contribution in [3.8, 4) is 0 Å². The lowest BCUT2D eigenvalue weighted by Crippen LogP contribution is -2.34. The molecule has 0 radical (unpaired) electrons. The molecule has 2 heterocycles. The van der Waals surface area contributed by atoms with E-state index in [0.29, 0.717) is 42.3 Å². The Bertz CT molecular complexity index is 493. The summed E-state index contributed by atoms with van der Waals surface area (Å²) in [6.07, 6.45) is 1.71. The van der Waals surface area contributed by atoms with E-state index in [9.17, 15) is 9.59 Å². The predicted molar refractivity (Wildman–Crippen MR) is 61.2 cm³/mol. The van der Waals surface area contributed by atoms with Gasteiger partial charge in [0, 0.05) is 30.1 Å². The summed E-state index contributed by atoms with van der Waals surface area (Å²) in [6, 6.07) is 0. The van der Waals surface area contributed by atoms with Crippen molar-refractivity contribution in [3.05, 3.63) is 27.4 Å². The van der Waals surface area contributed by atoms with Crippen molar-refractivity contribution >= 4 is 17.4 Å². The summed E-state index contributed by atoms with van der Waals surface area (Å²) < 4.78 is 1.49. The number of aromatic nitrogens is 2. The lowest BCUT2D eigenvalue weighted by molar-refractivity contribution is 0.0945. The number of carbonyl (C=O) groups excluding carboxylic acids is 1.